The van der Waals surface area contributed by atoms with Gasteiger partial charge in [-0.1, -0.05) is 18.2 Å². The number of hydrogen-bond acceptors (Lipinski definition) is 5. The third-order valence-electron chi connectivity index (χ3n) is 5.90. The third kappa shape index (κ3) is 4.50. The zero-order valence-electron chi connectivity index (χ0n) is 18.2. The third-order valence-corrected chi connectivity index (χ3v) is 5.90. The Kier molecular flexibility index (Phi) is 6.22. The van der Waals surface area contributed by atoms with Gasteiger partial charge in [-0.25, -0.2) is 5.10 Å². The Hall–Kier alpha value is -3.66. The Morgan fingerprint density at radius 2 is 1.88 bits per heavy atom. The smallest absolute Gasteiger partial charge is 0.272 e. The van der Waals surface area contributed by atoms with Crippen LogP contribution >= 0.6 is 0 Å². The van der Waals surface area contributed by atoms with Gasteiger partial charge >= 0.3 is 0 Å². The number of nitrogens with one attached hydrogen (secondary N) is 2. The van der Waals surface area contributed by atoms with Gasteiger partial charge in [-0.05, 0) is 63.8 Å². The molecule has 3 aromatic rings. The normalized spacial score (nSPS) is 18.3. The molecule has 7 nitrogen and oxygen atoms in total. The average Bonchev–Trinajstić information content (AvgIpc) is 2.80. The molecular weight excluding hydrogens is 404 g/mol. The Bertz CT molecular complexity index is 1230. The van der Waals surface area contributed by atoms with Gasteiger partial charge in [0.15, 0.2) is 0 Å². The fraction of sp³-hybridized carbons (Fsp3) is 0.360. The van der Waals surface area contributed by atoms with Crippen molar-refractivity contribution in [3.8, 4) is 11.8 Å². The van der Waals surface area contributed by atoms with Crippen LogP contribution < -0.4 is 15.6 Å². The highest BCUT2D eigenvalue weighted by Gasteiger charge is 2.26. The van der Waals surface area contributed by atoms with E-state index in [1.165, 1.54) is 0 Å². The van der Waals surface area contributed by atoms with E-state index in [-0.39, 0.29) is 29.5 Å². The average molecular weight is 431 g/mol. The van der Waals surface area contributed by atoms with Crippen LogP contribution in [0.25, 0.3) is 10.8 Å². The zero-order chi connectivity index (χ0) is 22.7. The minimum Gasteiger partial charge on any atom is -0.490 e. The van der Waals surface area contributed by atoms with Gasteiger partial charge in [0.25, 0.3) is 11.5 Å². The molecule has 1 aliphatic carbocycles. The molecule has 1 fully saturated rings. The van der Waals surface area contributed by atoms with Crippen molar-refractivity contribution in [2.45, 2.75) is 57.6 Å². The van der Waals surface area contributed by atoms with Crippen molar-refractivity contribution in [3.05, 3.63) is 69.6 Å². The molecular formula is C25H26N4O3. The Morgan fingerprint density at radius 3 is 2.56 bits per heavy atom. The van der Waals surface area contributed by atoms with E-state index in [0.717, 1.165) is 36.8 Å². The predicted octanol–water partition coefficient (Wildman–Crippen LogP) is 4.04. The lowest BCUT2D eigenvalue weighted by atomic mass is 9.82. The van der Waals surface area contributed by atoms with Crippen LogP contribution in [0.1, 0.15) is 67.1 Å². The summed E-state index contributed by atoms with van der Waals surface area (Å²) in [5.41, 5.74) is 1.55. The summed E-state index contributed by atoms with van der Waals surface area (Å²) in [4.78, 5) is 24.8. The first-order valence-electron chi connectivity index (χ1n) is 10.9. The topological polar surface area (TPSA) is 108 Å². The number of rotatable bonds is 5. The molecule has 0 spiro atoms. The molecule has 32 heavy (non-hydrogen) atoms. The Labute approximate surface area is 186 Å². The van der Waals surface area contributed by atoms with Crippen LogP contribution in [0.3, 0.4) is 0 Å². The van der Waals surface area contributed by atoms with Gasteiger partial charge in [0, 0.05) is 22.9 Å². The van der Waals surface area contributed by atoms with Crippen molar-refractivity contribution in [2.75, 3.05) is 0 Å². The van der Waals surface area contributed by atoms with Crippen molar-refractivity contribution in [1.82, 2.24) is 15.5 Å². The lowest BCUT2D eigenvalue weighted by Crippen LogP contribution is -2.37. The van der Waals surface area contributed by atoms with Crippen LogP contribution in [0, 0.1) is 11.3 Å². The van der Waals surface area contributed by atoms with Crippen molar-refractivity contribution in [1.29, 1.82) is 5.26 Å². The van der Waals surface area contributed by atoms with Gasteiger partial charge in [-0.15, -0.1) is 0 Å². The molecule has 7 heteroatoms. The lowest BCUT2D eigenvalue weighted by Gasteiger charge is -2.29. The van der Waals surface area contributed by atoms with Gasteiger partial charge in [-0.3, -0.25) is 9.59 Å². The van der Waals surface area contributed by atoms with Gasteiger partial charge < -0.3 is 10.1 Å². The van der Waals surface area contributed by atoms with E-state index >= 15 is 0 Å². The number of carbonyl (C=O) groups excluding carboxylic acids is 1. The van der Waals surface area contributed by atoms with Crippen molar-refractivity contribution >= 4 is 16.7 Å². The summed E-state index contributed by atoms with van der Waals surface area (Å²) in [7, 11) is 0. The maximum Gasteiger partial charge on any atom is 0.272 e. The van der Waals surface area contributed by atoms with Crippen LogP contribution in [0.15, 0.2) is 47.3 Å². The minimum atomic E-state index is -0.186. The molecule has 0 saturated heterocycles. The number of hydrogen-bond donors (Lipinski definition) is 2. The number of ether oxygens (including phenoxy) is 1. The number of amides is 1. The van der Waals surface area contributed by atoms with Gasteiger partial charge in [0.2, 0.25) is 0 Å². The van der Waals surface area contributed by atoms with Crippen LogP contribution in [0.2, 0.25) is 0 Å². The van der Waals surface area contributed by atoms with E-state index in [1.54, 1.807) is 18.2 Å². The molecule has 4 rings (SSSR count). The van der Waals surface area contributed by atoms with E-state index in [2.05, 4.69) is 21.6 Å². The molecule has 1 heterocycles. The highest BCUT2D eigenvalue weighted by atomic mass is 16.5. The monoisotopic (exact) mass is 430 g/mol. The summed E-state index contributed by atoms with van der Waals surface area (Å²) < 4.78 is 5.63. The number of nitrogens with zero attached hydrogens (tertiary/aromatic N) is 2. The number of carbonyl (C=O) groups is 1. The first-order valence-corrected chi connectivity index (χ1v) is 10.9. The molecule has 1 amide bonds. The summed E-state index contributed by atoms with van der Waals surface area (Å²) in [5, 5.41) is 21.0. The molecule has 1 saturated carbocycles. The lowest BCUT2D eigenvalue weighted by molar-refractivity contribution is 0.0925. The number of aromatic amines is 1. The van der Waals surface area contributed by atoms with Crippen molar-refractivity contribution in [2.24, 2.45) is 0 Å². The number of aromatic nitrogens is 2. The fourth-order valence-corrected chi connectivity index (χ4v) is 4.34. The second kappa shape index (κ2) is 9.23. The second-order valence-electron chi connectivity index (χ2n) is 8.49. The summed E-state index contributed by atoms with van der Waals surface area (Å²) in [6.07, 6.45) is 3.35. The Morgan fingerprint density at radius 1 is 1.16 bits per heavy atom. The summed E-state index contributed by atoms with van der Waals surface area (Å²) in [6.45, 7) is 3.78. The quantitative estimate of drug-likeness (QED) is 0.635. The zero-order valence-corrected chi connectivity index (χ0v) is 18.2. The maximum absolute atomic E-state index is 12.8. The molecule has 2 aromatic carbocycles. The second-order valence-corrected chi connectivity index (χ2v) is 8.49. The van der Waals surface area contributed by atoms with E-state index in [9.17, 15) is 14.9 Å². The first-order chi connectivity index (χ1) is 15.5. The first kappa shape index (κ1) is 21.6. The molecule has 1 aliphatic rings. The van der Waals surface area contributed by atoms with Gasteiger partial charge in [0.1, 0.15) is 11.8 Å². The van der Waals surface area contributed by atoms with E-state index in [1.807, 2.05) is 38.1 Å². The van der Waals surface area contributed by atoms with Crippen LogP contribution in [0.4, 0.5) is 0 Å². The molecule has 0 unspecified atom stereocenters. The minimum absolute atomic E-state index is 0.0500. The van der Waals surface area contributed by atoms with Crippen molar-refractivity contribution < 1.29 is 9.53 Å². The van der Waals surface area contributed by atoms with Gasteiger partial charge in [-0.2, -0.15) is 10.4 Å². The number of H-pyrrole nitrogens is 1. The molecule has 0 bridgehead atoms. The highest BCUT2D eigenvalue weighted by Crippen LogP contribution is 2.34. The van der Waals surface area contributed by atoms with Gasteiger partial charge in [0.05, 0.1) is 22.7 Å². The number of fused-ring (bicyclic) bond motifs is 1. The SMILES string of the molecule is CC(C)Oc1ccc(C(=O)N[C@H]2CC[C@H](c3n[nH]c(=O)c4ccccc43)CC2)cc1C#N. The van der Waals surface area contributed by atoms with Crippen molar-refractivity contribution in [3.63, 3.8) is 0 Å². The molecule has 1 aromatic heterocycles. The van der Waals surface area contributed by atoms with E-state index < -0.39 is 0 Å². The molecule has 0 radical (unpaired) electrons. The summed E-state index contributed by atoms with van der Waals surface area (Å²) in [5.74, 6) is 0.538. The summed E-state index contributed by atoms with van der Waals surface area (Å²) >= 11 is 0. The predicted molar refractivity (Wildman–Crippen MR) is 122 cm³/mol. The highest BCUT2D eigenvalue weighted by molar-refractivity contribution is 5.95. The fourth-order valence-electron chi connectivity index (χ4n) is 4.34. The molecule has 2 N–H and O–H groups in total. The number of benzene rings is 2. The van der Waals surface area contributed by atoms with E-state index in [4.69, 9.17) is 4.74 Å². The molecule has 164 valence electrons. The van der Waals surface area contributed by atoms with Crippen LogP contribution in [0.5, 0.6) is 5.75 Å². The van der Waals surface area contributed by atoms with Crippen LogP contribution in [-0.4, -0.2) is 28.3 Å². The molecule has 0 atom stereocenters. The maximum atomic E-state index is 12.8. The molecule has 0 aliphatic heterocycles. The number of nitriles is 1. The van der Waals surface area contributed by atoms with E-state index in [0.29, 0.717) is 22.3 Å². The van der Waals surface area contributed by atoms with Crippen LogP contribution in [-0.2, 0) is 0 Å². The standard InChI is InChI=1S/C25H26N4O3/c1-15(2)32-22-12-9-17(13-18(22)14-26)24(30)27-19-10-7-16(8-11-19)23-20-5-3-4-6-21(20)25(31)29-28-23/h3-6,9,12-13,15-16,19H,7-8,10-11H2,1-2H3,(H,27,30)(H,29,31)/t16-,19-. The largest absolute Gasteiger partial charge is 0.490 e. The summed E-state index contributed by atoms with van der Waals surface area (Å²) in [6, 6.07) is 14.7. The Balaban J connectivity index is 1.42.